The van der Waals surface area contributed by atoms with Gasteiger partial charge in [0.15, 0.2) is 16.4 Å². The fourth-order valence-corrected chi connectivity index (χ4v) is 4.74. The molecule has 0 saturated carbocycles. The first-order chi connectivity index (χ1) is 11.4. The Morgan fingerprint density at radius 1 is 1.21 bits per heavy atom. The summed E-state index contributed by atoms with van der Waals surface area (Å²) in [5.41, 5.74) is 0.593. The number of carbonyl (C=O) groups excluding carboxylic acids is 1. The largest absolute Gasteiger partial charge is 0.482 e. The van der Waals surface area contributed by atoms with E-state index in [0.717, 1.165) is 0 Å². The van der Waals surface area contributed by atoms with Crippen LogP contribution in [0.15, 0.2) is 47.4 Å². The third-order valence-corrected chi connectivity index (χ3v) is 5.95. The van der Waals surface area contributed by atoms with Gasteiger partial charge in [0.2, 0.25) is 0 Å². The molecule has 0 fully saturated rings. The van der Waals surface area contributed by atoms with Gasteiger partial charge in [-0.1, -0.05) is 41.4 Å². The van der Waals surface area contributed by atoms with E-state index in [2.05, 4.69) is 5.32 Å². The van der Waals surface area contributed by atoms with E-state index in [9.17, 15) is 13.2 Å². The van der Waals surface area contributed by atoms with E-state index >= 15 is 0 Å². The van der Waals surface area contributed by atoms with Gasteiger partial charge in [-0.05, 0) is 29.8 Å². The highest BCUT2D eigenvalue weighted by Gasteiger charge is 2.35. The fourth-order valence-electron chi connectivity index (χ4n) is 2.54. The number of hydrogen-bond donors (Lipinski definition) is 1. The normalized spacial score (nSPS) is 18.0. The summed E-state index contributed by atoms with van der Waals surface area (Å²) in [5.74, 6) is -0.256. The molecule has 0 saturated heterocycles. The summed E-state index contributed by atoms with van der Waals surface area (Å²) < 4.78 is 29.5. The van der Waals surface area contributed by atoms with Crippen molar-refractivity contribution in [2.24, 2.45) is 0 Å². The maximum Gasteiger partial charge on any atom is 0.258 e. The van der Waals surface area contributed by atoms with Crippen molar-refractivity contribution in [3.8, 4) is 5.75 Å². The lowest BCUT2D eigenvalue weighted by Crippen LogP contribution is -2.33. The number of halogens is 2. The van der Waals surface area contributed by atoms with Crippen LogP contribution < -0.4 is 10.1 Å². The number of rotatable bonds is 4. The van der Waals surface area contributed by atoms with Crippen molar-refractivity contribution in [3.05, 3.63) is 58.1 Å². The van der Waals surface area contributed by atoms with Gasteiger partial charge >= 0.3 is 0 Å². The molecular weight excluding hydrogens is 373 g/mol. The number of carbonyl (C=O) groups is 1. The summed E-state index contributed by atoms with van der Waals surface area (Å²) in [7, 11) is -3.37. The summed E-state index contributed by atoms with van der Waals surface area (Å²) in [6.45, 7) is -0.278. The molecule has 1 amide bonds. The van der Waals surface area contributed by atoms with E-state index in [4.69, 9.17) is 27.9 Å². The number of amides is 1. The summed E-state index contributed by atoms with van der Waals surface area (Å²) >= 11 is 11.8. The second-order valence-corrected chi connectivity index (χ2v) is 8.15. The molecular formula is C16H13Cl2NO4S. The number of fused-ring (bicyclic) bond motifs is 1. The fraction of sp³-hybridized carbons (Fsp3) is 0.188. The van der Waals surface area contributed by atoms with Crippen molar-refractivity contribution >= 4 is 38.9 Å². The van der Waals surface area contributed by atoms with Crippen LogP contribution in [0.3, 0.4) is 0 Å². The monoisotopic (exact) mass is 385 g/mol. The summed E-state index contributed by atoms with van der Waals surface area (Å²) in [6.07, 6.45) is 0. The highest BCUT2D eigenvalue weighted by atomic mass is 35.5. The van der Waals surface area contributed by atoms with E-state index in [1.54, 1.807) is 36.4 Å². The molecule has 1 heterocycles. The van der Waals surface area contributed by atoms with Crippen molar-refractivity contribution in [3.63, 3.8) is 0 Å². The molecule has 0 aromatic heterocycles. The van der Waals surface area contributed by atoms with Crippen LogP contribution in [0.1, 0.15) is 11.6 Å². The first-order valence-corrected chi connectivity index (χ1v) is 9.46. The van der Waals surface area contributed by atoms with E-state index in [0.29, 0.717) is 21.4 Å². The molecule has 1 atom stereocenters. The SMILES string of the molecule is O=C(COc1ccc(Cl)cc1Cl)N[C@@H]1CS(=O)(=O)c2ccccc21. The summed E-state index contributed by atoms with van der Waals surface area (Å²) in [6, 6.07) is 10.7. The predicted molar refractivity (Wildman–Crippen MR) is 91.3 cm³/mol. The number of benzene rings is 2. The molecule has 0 unspecified atom stereocenters. The summed E-state index contributed by atoms with van der Waals surface area (Å²) in [4.78, 5) is 12.3. The Labute approximate surface area is 149 Å². The second-order valence-electron chi connectivity index (χ2n) is 5.30. The van der Waals surface area contributed by atoms with Crippen LogP contribution in [0, 0.1) is 0 Å². The molecule has 2 aromatic rings. The first-order valence-electron chi connectivity index (χ1n) is 7.06. The quantitative estimate of drug-likeness (QED) is 0.877. The van der Waals surface area contributed by atoms with Crippen molar-refractivity contribution < 1.29 is 17.9 Å². The Morgan fingerprint density at radius 3 is 2.71 bits per heavy atom. The van der Waals surface area contributed by atoms with Crippen LogP contribution in [0.2, 0.25) is 10.0 Å². The van der Waals surface area contributed by atoms with E-state index in [-0.39, 0.29) is 17.3 Å². The van der Waals surface area contributed by atoms with Gasteiger partial charge in [-0.2, -0.15) is 0 Å². The Bertz CT molecular complexity index is 899. The van der Waals surface area contributed by atoms with Crippen LogP contribution in [-0.2, 0) is 14.6 Å². The minimum absolute atomic E-state index is 0.153. The van der Waals surface area contributed by atoms with Gasteiger partial charge in [0.1, 0.15) is 5.75 Å². The lowest BCUT2D eigenvalue weighted by atomic mass is 10.1. The smallest absolute Gasteiger partial charge is 0.258 e. The molecule has 24 heavy (non-hydrogen) atoms. The predicted octanol–water partition coefficient (Wildman–Crippen LogP) is 3.02. The first kappa shape index (κ1) is 17.1. The average molecular weight is 386 g/mol. The van der Waals surface area contributed by atoms with E-state index < -0.39 is 21.8 Å². The van der Waals surface area contributed by atoms with Crippen molar-refractivity contribution in [2.45, 2.75) is 10.9 Å². The molecule has 3 rings (SSSR count). The molecule has 0 aliphatic carbocycles. The lowest BCUT2D eigenvalue weighted by Gasteiger charge is -2.13. The Hall–Kier alpha value is -1.76. The third-order valence-electron chi connectivity index (χ3n) is 3.60. The lowest BCUT2D eigenvalue weighted by molar-refractivity contribution is -0.123. The molecule has 8 heteroatoms. The zero-order valence-electron chi connectivity index (χ0n) is 12.3. The van der Waals surface area contributed by atoms with Gasteiger partial charge in [-0.15, -0.1) is 0 Å². The Kier molecular flexibility index (Phi) is 4.71. The Morgan fingerprint density at radius 2 is 1.96 bits per heavy atom. The maximum absolute atomic E-state index is 12.1. The Balaban J connectivity index is 1.66. The standard InChI is InChI=1S/C16H13Cl2NO4S/c17-10-5-6-14(12(18)7-10)23-8-16(20)19-13-9-24(21,22)15-4-2-1-3-11(13)15/h1-7,13H,8-9H2,(H,19,20)/t13-/m1/s1. The number of hydrogen-bond acceptors (Lipinski definition) is 4. The number of nitrogens with one attached hydrogen (secondary N) is 1. The van der Waals surface area contributed by atoms with Crippen molar-refractivity contribution in [1.82, 2.24) is 5.32 Å². The molecule has 1 N–H and O–H groups in total. The maximum atomic E-state index is 12.1. The van der Waals surface area contributed by atoms with Crippen LogP contribution in [0.25, 0.3) is 0 Å². The van der Waals surface area contributed by atoms with Gasteiger partial charge in [0.25, 0.3) is 5.91 Å². The minimum Gasteiger partial charge on any atom is -0.482 e. The van der Waals surface area contributed by atoms with Crippen LogP contribution in [0.5, 0.6) is 5.75 Å². The third kappa shape index (κ3) is 3.50. The van der Waals surface area contributed by atoms with Gasteiger partial charge in [-0.25, -0.2) is 8.42 Å². The number of sulfone groups is 1. The van der Waals surface area contributed by atoms with Crippen molar-refractivity contribution in [2.75, 3.05) is 12.4 Å². The molecule has 0 spiro atoms. The average Bonchev–Trinajstić information content (AvgIpc) is 2.78. The summed E-state index contributed by atoms with van der Waals surface area (Å²) in [5, 5.41) is 3.44. The van der Waals surface area contributed by atoms with Crippen LogP contribution in [0.4, 0.5) is 0 Å². The molecule has 1 aliphatic heterocycles. The second kappa shape index (κ2) is 6.63. The topological polar surface area (TPSA) is 72.5 Å². The molecule has 0 bridgehead atoms. The molecule has 126 valence electrons. The molecule has 0 radical (unpaired) electrons. The highest BCUT2D eigenvalue weighted by Crippen LogP contribution is 2.33. The van der Waals surface area contributed by atoms with E-state index in [1.807, 2.05) is 0 Å². The zero-order chi connectivity index (χ0) is 17.3. The number of ether oxygens (including phenoxy) is 1. The van der Waals surface area contributed by atoms with E-state index in [1.165, 1.54) is 6.07 Å². The van der Waals surface area contributed by atoms with Crippen LogP contribution in [-0.4, -0.2) is 26.7 Å². The minimum atomic E-state index is -3.37. The van der Waals surface area contributed by atoms with Gasteiger partial charge < -0.3 is 10.1 Å². The van der Waals surface area contributed by atoms with Gasteiger partial charge in [0.05, 0.1) is 21.7 Å². The molecule has 1 aliphatic rings. The van der Waals surface area contributed by atoms with Gasteiger partial charge in [-0.3, -0.25) is 4.79 Å². The highest BCUT2D eigenvalue weighted by molar-refractivity contribution is 7.91. The van der Waals surface area contributed by atoms with Crippen molar-refractivity contribution in [1.29, 1.82) is 0 Å². The molecule has 2 aromatic carbocycles. The molecule has 5 nitrogen and oxygen atoms in total. The zero-order valence-corrected chi connectivity index (χ0v) is 14.7. The van der Waals surface area contributed by atoms with Crippen LogP contribution >= 0.6 is 23.2 Å². The van der Waals surface area contributed by atoms with Gasteiger partial charge in [0, 0.05) is 5.02 Å².